The summed E-state index contributed by atoms with van der Waals surface area (Å²) in [5, 5.41) is 14.3. The third kappa shape index (κ3) is 4.62. The molecule has 1 amide bonds. The third-order valence-corrected chi connectivity index (χ3v) is 4.49. The van der Waals surface area contributed by atoms with Crippen LogP contribution in [0, 0.1) is 6.92 Å². The second kappa shape index (κ2) is 9.32. The first-order chi connectivity index (χ1) is 14.1. The summed E-state index contributed by atoms with van der Waals surface area (Å²) in [7, 11) is 0. The highest BCUT2D eigenvalue weighted by Gasteiger charge is 2.20. The molecule has 154 valence electrons. The molecule has 1 aromatic carbocycles. The van der Waals surface area contributed by atoms with Gasteiger partial charge in [0.15, 0.2) is 11.5 Å². The number of ether oxygens (including phenoxy) is 3. The summed E-state index contributed by atoms with van der Waals surface area (Å²) < 4.78 is 26.4. The molecule has 3 aromatic rings. The van der Waals surface area contributed by atoms with E-state index in [1.165, 1.54) is 0 Å². The van der Waals surface area contributed by atoms with Gasteiger partial charge in [-0.05, 0) is 51.4 Å². The van der Waals surface area contributed by atoms with E-state index in [9.17, 15) is 4.79 Å². The van der Waals surface area contributed by atoms with Crippen LogP contribution in [0.15, 0.2) is 16.5 Å². The van der Waals surface area contributed by atoms with Crippen molar-refractivity contribution < 1.29 is 23.4 Å². The van der Waals surface area contributed by atoms with E-state index in [1.54, 1.807) is 19.1 Å². The summed E-state index contributed by atoms with van der Waals surface area (Å²) in [4.78, 5) is 12.6. The monoisotopic (exact) mass is 419 g/mol. The minimum absolute atomic E-state index is 0.0393. The quantitative estimate of drug-likeness (QED) is 0.556. The number of hydrogen-bond acceptors (Lipinski definition) is 10. The zero-order valence-corrected chi connectivity index (χ0v) is 17.3. The van der Waals surface area contributed by atoms with Gasteiger partial charge in [0.1, 0.15) is 4.88 Å². The van der Waals surface area contributed by atoms with E-state index in [0.717, 1.165) is 11.5 Å². The number of carbonyl (C=O) groups excluding carboxylic acids is 1. The van der Waals surface area contributed by atoms with Gasteiger partial charge in [-0.25, -0.2) is 0 Å². The number of hydrogen-bond donors (Lipinski definition) is 1. The van der Waals surface area contributed by atoms with E-state index in [0.29, 0.717) is 53.2 Å². The number of anilines is 1. The fraction of sp³-hybridized carbons (Fsp3) is 0.389. The summed E-state index contributed by atoms with van der Waals surface area (Å²) >= 11 is 0.991. The van der Waals surface area contributed by atoms with Crippen LogP contribution in [-0.2, 0) is 0 Å². The number of nitrogens with one attached hydrogen (secondary N) is 1. The highest BCUT2D eigenvalue weighted by Crippen LogP contribution is 2.41. The predicted octanol–water partition coefficient (Wildman–Crippen LogP) is 3.34. The number of aryl methyl sites for hydroxylation is 1. The Morgan fingerprint density at radius 1 is 1.03 bits per heavy atom. The third-order valence-electron chi connectivity index (χ3n) is 3.66. The number of nitrogens with zero attached hydrogens (tertiary/aromatic N) is 4. The lowest BCUT2D eigenvalue weighted by Gasteiger charge is -2.16. The minimum Gasteiger partial charge on any atom is -0.490 e. The van der Waals surface area contributed by atoms with E-state index < -0.39 is 5.91 Å². The lowest BCUT2D eigenvalue weighted by Crippen LogP contribution is -2.11. The Kier molecular flexibility index (Phi) is 6.60. The van der Waals surface area contributed by atoms with Crippen LogP contribution in [-0.4, -0.2) is 45.5 Å². The van der Waals surface area contributed by atoms with E-state index >= 15 is 0 Å². The average molecular weight is 419 g/mol. The Morgan fingerprint density at radius 2 is 1.69 bits per heavy atom. The van der Waals surface area contributed by atoms with E-state index in [4.69, 9.17) is 18.6 Å². The molecule has 0 saturated heterocycles. The molecular weight excluding hydrogens is 398 g/mol. The van der Waals surface area contributed by atoms with Crippen LogP contribution >= 0.6 is 11.5 Å². The highest BCUT2D eigenvalue weighted by atomic mass is 32.1. The normalized spacial score (nSPS) is 10.6. The number of amides is 1. The first-order valence-electron chi connectivity index (χ1n) is 9.07. The predicted molar refractivity (Wildman–Crippen MR) is 106 cm³/mol. The van der Waals surface area contributed by atoms with Crippen molar-refractivity contribution in [2.45, 2.75) is 27.7 Å². The van der Waals surface area contributed by atoms with Gasteiger partial charge in [0.05, 0.1) is 25.5 Å². The summed E-state index contributed by atoms with van der Waals surface area (Å²) in [6.45, 7) is 8.68. The van der Waals surface area contributed by atoms with Gasteiger partial charge in [-0.15, -0.1) is 10.2 Å². The fourth-order valence-corrected chi connectivity index (χ4v) is 3.05. The number of rotatable bonds is 9. The standard InChI is InChI=1S/C18H21N5O5S/c1-5-25-12-8-11(9-13(26-6-2)14(12)27-7-3)17-21-22-18(28-17)19-16(24)15-10(4)20-23-29-15/h8-9H,5-7H2,1-4H3,(H,19,22,24). The summed E-state index contributed by atoms with van der Waals surface area (Å²) in [6.07, 6.45) is 0. The summed E-state index contributed by atoms with van der Waals surface area (Å²) in [5.41, 5.74) is 1.10. The molecule has 11 heteroatoms. The fourth-order valence-electron chi connectivity index (χ4n) is 2.50. The van der Waals surface area contributed by atoms with Crippen molar-refractivity contribution in [3.8, 4) is 28.7 Å². The molecule has 0 aliphatic heterocycles. The Labute approximate surface area is 171 Å². The van der Waals surface area contributed by atoms with Crippen LogP contribution in [0.5, 0.6) is 17.2 Å². The smallest absolute Gasteiger partial charge is 0.322 e. The number of aromatic nitrogens is 4. The van der Waals surface area contributed by atoms with Crippen LogP contribution in [0.4, 0.5) is 6.01 Å². The van der Waals surface area contributed by atoms with Gasteiger partial charge in [-0.1, -0.05) is 9.59 Å². The van der Waals surface area contributed by atoms with Crippen molar-refractivity contribution in [1.82, 2.24) is 19.8 Å². The van der Waals surface area contributed by atoms with E-state index in [-0.39, 0.29) is 11.9 Å². The Hall–Kier alpha value is -3.21. The molecule has 0 atom stereocenters. The topological polar surface area (TPSA) is 121 Å². The SMILES string of the molecule is CCOc1cc(-c2nnc(NC(=O)c3snnc3C)o2)cc(OCC)c1OCC. The zero-order valence-electron chi connectivity index (χ0n) is 16.5. The van der Waals surface area contributed by atoms with Crippen molar-refractivity contribution in [2.75, 3.05) is 25.1 Å². The Bertz CT molecular complexity index is 960. The molecule has 2 aromatic heterocycles. The first-order valence-corrected chi connectivity index (χ1v) is 9.85. The molecule has 0 saturated carbocycles. The lowest BCUT2D eigenvalue weighted by molar-refractivity contribution is 0.102. The molecular formula is C18H21N5O5S. The number of benzene rings is 1. The lowest BCUT2D eigenvalue weighted by atomic mass is 10.2. The minimum atomic E-state index is -0.413. The molecule has 1 N–H and O–H groups in total. The Morgan fingerprint density at radius 3 is 2.24 bits per heavy atom. The van der Waals surface area contributed by atoms with Crippen LogP contribution in [0.3, 0.4) is 0 Å². The van der Waals surface area contributed by atoms with Gasteiger partial charge >= 0.3 is 6.01 Å². The van der Waals surface area contributed by atoms with Gasteiger partial charge in [-0.3, -0.25) is 10.1 Å². The molecule has 0 fully saturated rings. The van der Waals surface area contributed by atoms with Crippen molar-refractivity contribution >= 4 is 23.5 Å². The van der Waals surface area contributed by atoms with Gasteiger partial charge in [0.25, 0.3) is 5.91 Å². The van der Waals surface area contributed by atoms with Crippen molar-refractivity contribution in [3.63, 3.8) is 0 Å². The largest absolute Gasteiger partial charge is 0.490 e. The molecule has 0 spiro atoms. The Balaban J connectivity index is 1.90. The van der Waals surface area contributed by atoms with Crippen molar-refractivity contribution in [3.05, 3.63) is 22.7 Å². The maximum absolute atomic E-state index is 12.3. The maximum atomic E-state index is 12.3. The van der Waals surface area contributed by atoms with Crippen LogP contribution < -0.4 is 19.5 Å². The first kappa shape index (κ1) is 20.5. The second-order valence-electron chi connectivity index (χ2n) is 5.65. The molecule has 0 unspecified atom stereocenters. The summed E-state index contributed by atoms with van der Waals surface area (Å²) in [6, 6.07) is 3.42. The van der Waals surface area contributed by atoms with E-state index in [2.05, 4.69) is 25.1 Å². The molecule has 0 aliphatic carbocycles. The highest BCUT2D eigenvalue weighted by molar-refractivity contribution is 7.08. The van der Waals surface area contributed by atoms with Gasteiger partial charge in [0.2, 0.25) is 11.6 Å². The van der Waals surface area contributed by atoms with Crippen molar-refractivity contribution in [1.29, 1.82) is 0 Å². The molecule has 3 rings (SSSR count). The maximum Gasteiger partial charge on any atom is 0.322 e. The van der Waals surface area contributed by atoms with Gasteiger partial charge in [-0.2, -0.15) is 0 Å². The average Bonchev–Trinajstić information content (AvgIpc) is 3.33. The molecule has 2 heterocycles. The molecule has 0 radical (unpaired) electrons. The second-order valence-corrected chi connectivity index (χ2v) is 6.41. The number of carbonyl (C=O) groups is 1. The van der Waals surface area contributed by atoms with E-state index in [1.807, 2.05) is 20.8 Å². The molecule has 10 nitrogen and oxygen atoms in total. The van der Waals surface area contributed by atoms with Crippen LogP contribution in [0.2, 0.25) is 0 Å². The molecule has 0 bridgehead atoms. The van der Waals surface area contributed by atoms with Crippen LogP contribution in [0.25, 0.3) is 11.5 Å². The molecule has 0 aliphatic rings. The van der Waals surface area contributed by atoms with Gasteiger partial charge in [0, 0.05) is 5.56 Å². The van der Waals surface area contributed by atoms with Gasteiger partial charge < -0.3 is 18.6 Å². The zero-order chi connectivity index (χ0) is 20.8. The summed E-state index contributed by atoms with van der Waals surface area (Å²) in [5.74, 6) is 1.31. The van der Waals surface area contributed by atoms with Crippen LogP contribution in [0.1, 0.15) is 36.1 Å². The van der Waals surface area contributed by atoms with Crippen molar-refractivity contribution in [2.24, 2.45) is 0 Å². The molecule has 29 heavy (non-hydrogen) atoms.